The molecule has 1 heterocycles. The standard InChI is InChI=1S/C9H7ClF3NO4/c10-5-3-6(7(8(15)16)14-4-5)17-1-2-18-9(11,12)13/h3-4H,1-2H2,(H,15,16). The van der Waals surface area contributed by atoms with Gasteiger partial charge in [-0.15, -0.1) is 13.2 Å². The van der Waals surface area contributed by atoms with Crippen molar-refractivity contribution in [3.8, 4) is 5.75 Å². The minimum absolute atomic E-state index is 0.103. The first-order valence-electron chi connectivity index (χ1n) is 4.52. The van der Waals surface area contributed by atoms with Crippen molar-refractivity contribution in [2.24, 2.45) is 0 Å². The Morgan fingerprint density at radius 2 is 2.11 bits per heavy atom. The van der Waals surface area contributed by atoms with E-state index in [2.05, 4.69) is 9.72 Å². The van der Waals surface area contributed by atoms with E-state index in [9.17, 15) is 18.0 Å². The molecule has 0 aliphatic carbocycles. The van der Waals surface area contributed by atoms with E-state index in [4.69, 9.17) is 21.4 Å². The van der Waals surface area contributed by atoms with Gasteiger partial charge in [0.05, 0.1) is 11.6 Å². The number of aromatic nitrogens is 1. The van der Waals surface area contributed by atoms with Crippen LogP contribution in [0.1, 0.15) is 10.5 Å². The van der Waals surface area contributed by atoms with Crippen LogP contribution in [0.5, 0.6) is 5.75 Å². The fourth-order valence-electron chi connectivity index (χ4n) is 1.00. The quantitative estimate of drug-likeness (QED) is 0.841. The number of hydrogen-bond acceptors (Lipinski definition) is 4. The van der Waals surface area contributed by atoms with E-state index in [1.54, 1.807) is 0 Å². The highest BCUT2D eigenvalue weighted by Gasteiger charge is 2.28. The summed E-state index contributed by atoms with van der Waals surface area (Å²) in [5.74, 6) is -1.60. The minimum Gasteiger partial charge on any atom is -0.489 e. The van der Waals surface area contributed by atoms with Gasteiger partial charge in [-0.1, -0.05) is 11.6 Å². The van der Waals surface area contributed by atoms with Crippen molar-refractivity contribution in [1.29, 1.82) is 0 Å². The van der Waals surface area contributed by atoms with Gasteiger partial charge in [-0.05, 0) is 0 Å². The second-order valence-electron chi connectivity index (χ2n) is 2.95. The lowest BCUT2D eigenvalue weighted by Gasteiger charge is -2.10. The lowest BCUT2D eigenvalue weighted by atomic mass is 10.3. The molecule has 0 radical (unpaired) electrons. The molecular weight excluding hydrogens is 279 g/mol. The third-order valence-electron chi connectivity index (χ3n) is 1.63. The summed E-state index contributed by atoms with van der Waals surface area (Å²) in [5.41, 5.74) is -0.439. The zero-order valence-electron chi connectivity index (χ0n) is 8.70. The first-order chi connectivity index (χ1) is 8.29. The van der Waals surface area contributed by atoms with Crippen molar-refractivity contribution in [1.82, 2.24) is 4.98 Å². The number of rotatable bonds is 5. The van der Waals surface area contributed by atoms with Crippen molar-refractivity contribution in [3.63, 3.8) is 0 Å². The fraction of sp³-hybridized carbons (Fsp3) is 0.333. The second-order valence-corrected chi connectivity index (χ2v) is 3.38. The molecule has 18 heavy (non-hydrogen) atoms. The van der Waals surface area contributed by atoms with Gasteiger partial charge < -0.3 is 9.84 Å². The first-order valence-corrected chi connectivity index (χ1v) is 4.90. The number of pyridine rings is 1. The van der Waals surface area contributed by atoms with Crippen molar-refractivity contribution in [2.75, 3.05) is 13.2 Å². The maximum atomic E-state index is 11.6. The van der Waals surface area contributed by atoms with Crippen LogP contribution in [0, 0.1) is 0 Å². The third kappa shape index (κ3) is 4.76. The summed E-state index contributed by atoms with van der Waals surface area (Å²) in [6.07, 6.45) is -3.67. The molecule has 5 nitrogen and oxygen atoms in total. The van der Waals surface area contributed by atoms with Crippen molar-refractivity contribution >= 4 is 17.6 Å². The van der Waals surface area contributed by atoms with Crippen LogP contribution in [0.3, 0.4) is 0 Å². The molecule has 1 N–H and O–H groups in total. The monoisotopic (exact) mass is 285 g/mol. The van der Waals surface area contributed by atoms with Crippen LogP contribution in [-0.4, -0.2) is 35.6 Å². The van der Waals surface area contributed by atoms with E-state index >= 15 is 0 Å². The maximum Gasteiger partial charge on any atom is 0.522 e. The molecule has 0 aromatic carbocycles. The molecule has 1 rings (SSSR count). The Hall–Kier alpha value is -1.54. The van der Waals surface area contributed by atoms with Gasteiger partial charge in [-0.2, -0.15) is 0 Å². The molecule has 0 aliphatic rings. The number of carboxylic acids is 1. The number of carboxylic acid groups (broad SMARTS) is 1. The molecule has 100 valence electrons. The molecule has 0 saturated carbocycles. The number of nitrogens with zero attached hydrogens (tertiary/aromatic N) is 1. The Balaban J connectivity index is 2.61. The van der Waals surface area contributed by atoms with Gasteiger partial charge in [-0.25, -0.2) is 9.78 Å². The number of ether oxygens (including phenoxy) is 2. The first kappa shape index (κ1) is 14.5. The summed E-state index contributed by atoms with van der Waals surface area (Å²) in [4.78, 5) is 14.2. The highest BCUT2D eigenvalue weighted by molar-refractivity contribution is 6.30. The largest absolute Gasteiger partial charge is 0.522 e. The second kappa shape index (κ2) is 5.87. The van der Waals surface area contributed by atoms with Crippen LogP contribution in [0.15, 0.2) is 12.3 Å². The highest BCUT2D eigenvalue weighted by Crippen LogP contribution is 2.21. The van der Waals surface area contributed by atoms with Gasteiger partial charge in [0.15, 0.2) is 11.4 Å². The topological polar surface area (TPSA) is 68.7 Å². The molecule has 0 aliphatic heterocycles. The number of alkyl halides is 3. The van der Waals surface area contributed by atoms with Crippen LogP contribution < -0.4 is 4.74 Å². The van der Waals surface area contributed by atoms with E-state index in [0.717, 1.165) is 12.3 Å². The van der Waals surface area contributed by atoms with Crippen LogP contribution in [-0.2, 0) is 4.74 Å². The summed E-state index contributed by atoms with van der Waals surface area (Å²) < 4.78 is 43.2. The van der Waals surface area contributed by atoms with Crippen molar-refractivity contribution < 1.29 is 32.5 Å². The molecule has 0 bridgehead atoms. The van der Waals surface area contributed by atoms with Gasteiger partial charge in [0.1, 0.15) is 6.61 Å². The molecule has 0 saturated heterocycles. The summed E-state index contributed by atoms with van der Waals surface area (Å²) in [7, 11) is 0. The zero-order valence-corrected chi connectivity index (χ0v) is 9.46. The zero-order chi connectivity index (χ0) is 13.8. The average Bonchev–Trinajstić information content (AvgIpc) is 2.22. The Bertz CT molecular complexity index is 438. The Kier molecular flexibility index (Phi) is 4.74. The molecule has 9 heteroatoms. The molecule has 0 amide bonds. The smallest absolute Gasteiger partial charge is 0.489 e. The molecule has 1 aromatic rings. The summed E-state index contributed by atoms with van der Waals surface area (Å²) in [5, 5.41) is 8.85. The summed E-state index contributed by atoms with van der Waals surface area (Å²) in [6, 6.07) is 1.14. The van der Waals surface area contributed by atoms with Crippen LogP contribution in [0.25, 0.3) is 0 Å². The van der Waals surface area contributed by atoms with Crippen molar-refractivity contribution in [2.45, 2.75) is 6.36 Å². The third-order valence-corrected chi connectivity index (χ3v) is 1.84. The lowest BCUT2D eigenvalue weighted by Crippen LogP contribution is -2.18. The summed E-state index contributed by atoms with van der Waals surface area (Å²) in [6.45, 7) is -1.25. The van der Waals surface area contributed by atoms with Gasteiger partial charge in [-0.3, -0.25) is 4.74 Å². The predicted molar refractivity (Wildman–Crippen MR) is 53.7 cm³/mol. The summed E-state index contributed by atoms with van der Waals surface area (Å²) >= 11 is 5.56. The number of aromatic carboxylic acids is 1. The highest BCUT2D eigenvalue weighted by atomic mass is 35.5. The van der Waals surface area contributed by atoms with Gasteiger partial charge in [0, 0.05) is 12.3 Å². The van der Waals surface area contributed by atoms with Gasteiger partial charge >= 0.3 is 12.3 Å². The van der Waals surface area contributed by atoms with E-state index in [0.29, 0.717) is 0 Å². The normalized spacial score (nSPS) is 11.3. The average molecular weight is 286 g/mol. The van der Waals surface area contributed by atoms with Gasteiger partial charge in [0.25, 0.3) is 0 Å². The number of hydrogen-bond donors (Lipinski definition) is 1. The minimum atomic E-state index is -4.76. The number of halogens is 4. The Labute approximate surface area is 104 Å². The molecule has 0 atom stereocenters. The SMILES string of the molecule is O=C(O)c1ncc(Cl)cc1OCCOC(F)(F)F. The predicted octanol–water partition coefficient (Wildman–Crippen LogP) is 2.35. The Morgan fingerprint density at radius 3 is 2.67 bits per heavy atom. The van der Waals surface area contributed by atoms with E-state index in [-0.39, 0.29) is 10.8 Å². The van der Waals surface area contributed by atoms with Crippen molar-refractivity contribution in [3.05, 3.63) is 23.0 Å². The van der Waals surface area contributed by atoms with E-state index in [1.165, 1.54) is 0 Å². The molecule has 0 spiro atoms. The van der Waals surface area contributed by atoms with Gasteiger partial charge in [0.2, 0.25) is 0 Å². The van der Waals surface area contributed by atoms with E-state index < -0.39 is 31.2 Å². The molecule has 1 aromatic heterocycles. The lowest BCUT2D eigenvalue weighted by molar-refractivity contribution is -0.325. The number of carbonyl (C=O) groups is 1. The molecule has 0 fully saturated rings. The van der Waals surface area contributed by atoms with Crippen LogP contribution >= 0.6 is 11.6 Å². The Morgan fingerprint density at radius 1 is 1.44 bits per heavy atom. The molecule has 0 unspecified atom stereocenters. The van der Waals surface area contributed by atoms with Crippen LogP contribution in [0.4, 0.5) is 13.2 Å². The molecular formula is C9H7ClF3NO4. The fourth-order valence-corrected chi connectivity index (χ4v) is 1.15. The van der Waals surface area contributed by atoms with Crippen LogP contribution in [0.2, 0.25) is 5.02 Å². The van der Waals surface area contributed by atoms with E-state index in [1.807, 2.05) is 0 Å². The maximum absolute atomic E-state index is 11.6.